The molecule has 174 valence electrons. The molecule has 12 nitrogen and oxygen atoms in total. The van der Waals surface area contributed by atoms with Gasteiger partial charge in [0.1, 0.15) is 30.3 Å². The second-order valence-corrected chi connectivity index (χ2v) is 10.2. The van der Waals surface area contributed by atoms with E-state index in [4.69, 9.17) is 24.6 Å². The van der Waals surface area contributed by atoms with E-state index in [1.165, 1.54) is 25.1 Å². The number of hydrogen-bond acceptors (Lipinski definition) is 11. The van der Waals surface area contributed by atoms with Crippen LogP contribution < -0.4 is 25.2 Å². The molecule has 0 atom stereocenters. The largest absolute Gasteiger partial charge is 0.454 e. The molecule has 0 aliphatic carbocycles. The predicted molar refractivity (Wildman–Crippen MR) is 121 cm³/mol. The summed E-state index contributed by atoms with van der Waals surface area (Å²) in [6, 6.07) is 3.66. The lowest BCUT2D eigenvalue weighted by atomic mass is 10.2. The van der Waals surface area contributed by atoms with Crippen LogP contribution in [0, 0.1) is 0 Å². The molecule has 2 aromatic heterocycles. The number of nitrogens with two attached hydrogens (primary N) is 1. The molecule has 0 unspecified atom stereocenters. The smallest absolute Gasteiger partial charge is 0.231 e. The Hall–Kier alpha value is -3.23. The van der Waals surface area contributed by atoms with Crippen molar-refractivity contribution >= 4 is 33.4 Å². The normalized spacial score (nSPS) is 14.6. The van der Waals surface area contributed by atoms with Crippen LogP contribution in [0.5, 0.6) is 11.5 Å². The highest BCUT2D eigenvalue weighted by molar-refractivity contribution is 7.99. The molecular weight excluding hydrogens is 470 g/mol. The Bertz CT molecular complexity index is 1320. The van der Waals surface area contributed by atoms with Crippen LogP contribution in [0.2, 0.25) is 0 Å². The SMILES string of the molecule is CNS(=O)(=O)CCCn1c(Sc2cc3c(cc2-c2ncco2)OCO3)nc2c1NCN=C2N. The van der Waals surface area contributed by atoms with Gasteiger partial charge in [-0.1, -0.05) is 11.8 Å². The number of aliphatic imine (C=N–C) groups is 1. The molecule has 0 spiro atoms. The van der Waals surface area contributed by atoms with Crippen LogP contribution in [-0.2, 0) is 16.6 Å². The lowest BCUT2D eigenvalue weighted by molar-refractivity contribution is 0.174. The van der Waals surface area contributed by atoms with Gasteiger partial charge in [-0.25, -0.2) is 28.1 Å². The van der Waals surface area contributed by atoms with Crippen molar-refractivity contribution in [1.29, 1.82) is 0 Å². The predicted octanol–water partition coefficient (Wildman–Crippen LogP) is 1.45. The summed E-state index contributed by atoms with van der Waals surface area (Å²) in [6.07, 6.45) is 3.45. The average Bonchev–Trinajstić information content (AvgIpc) is 3.54. The monoisotopic (exact) mass is 491 g/mol. The summed E-state index contributed by atoms with van der Waals surface area (Å²) in [7, 11) is -1.93. The van der Waals surface area contributed by atoms with E-state index in [1.54, 1.807) is 6.20 Å². The van der Waals surface area contributed by atoms with Crippen molar-refractivity contribution in [3.05, 3.63) is 30.3 Å². The number of oxazole rings is 1. The van der Waals surface area contributed by atoms with Gasteiger partial charge in [-0.05, 0) is 25.6 Å². The summed E-state index contributed by atoms with van der Waals surface area (Å²) >= 11 is 1.37. The van der Waals surface area contributed by atoms with Gasteiger partial charge in [0.25, 0.3) is 0 Å². The zero-order valence-corrected chi connectivity index (χ0v) is 19.2. The number of aromatic nitrogens is 3. The van der Waals surface area contributed by atoms with E-state index < -0.39 is 10.0 Å². The van der Waals surface area contributed by atoms with Crippen LogP contribution in [0.25, 0.3) is 11.5 Å². The Morgan fingerprint density at radius 3 is 2.88 bits per heavy atom. The fourth-order valence-corrected chi connectivity index (χ4v) is 5.26. The number of amidine groups is 1. The van der Waals surface area contributed by atoms with Crippen LogP contribution in [0.3, 0.4) is 0 Å². The van der Waals surface area contributed by atoms with Crippen molar-refractivity contribution in [2.75, 3.05) is 31.6 Å². The van der Waals surface area contributed by atoms with E-state index in [-0.39, 0.29) is 12.5 Å². The summed E-state index contributed by atoms with van der Waals surface area (Å²) in [5.74, 6) is 2.64. The van der Waals surface area contributed by atoms with E-state index in [0.29, 0.717) is 65.1 Å². The number of rotatable bonds is 8. The highest BCUT2D eigenvalue weighted by Gasteiger charge is 2.26. The van der Waals surface area contributed by atoms with Gasteiger partial charge in [0.05, 0.1) is 17.5 Å². The van der Waals surface area contributed by atoms with Crippen molar-refractivity contribution < 1.29 is 22.3 Å². The number of hydrogen-bond donors (Lipinski definition) is 3. The summed E-state index contributed by atoms with van der Waals surface area (Å²) in [5.41, 5.74) is 7.32. The molecule has 0 bridgehead atoms. The second-order valence-electron chi connectivity index (χ2n) is 7.14. The maximum atomic E-state index is 11.9. The number of benzene rings is 1. The van der Waals surface area contributed by atoms with E-state index in [0.717, 1.165) is 4.90 Å². The number of ether oxygens (including phenoxy) is 2. The Morgan fingerprint density at radius 1 is 1.30 bits per heavy atom. The van der Waals surface area contributed by atoms with Gasteiger partial charge < -0.3 is 29.5 Å². The van der Waals surface area contributed by atoms with Gasteiger partial charge in [0.15, 0.2) is 16.7 Å². The van der Waals surface area contributed by atoms with Crippen molar-refractivity contribution in [3.63, 3.8) is 0 Å². The van der Waals surface area contributed by atoms with E-state index in [9.17, 15) is 8.42 Å². The van der Waals surface area contributed by atoms with E-state index in [2.05, 4.69) is 20.0 Å². The topological polar surface area (TPSA) is 159 Å². The minimum Gasteiger partial charge on any atom is -0.454 e. The van der Waals surface area contributed by atoms with E-state index in [1.807, 2.05) is 16.7 Å². The Kier molecular flexibility index (Phi) is 5.64. The van der Waals surface area contributed by atoms with Gasteiger partial charge in [0, 0.05) is 11.4 Å². The molecular formula is C19H21N7O5S2. The minimum absolute atomic E-state index is 0.0181. The standard InChI is InChI=1S/C19H21N7O5S2/c1-21-33(27,28)6-2-4-26-17-15(16(20)23-9-24-17)25-19(26)32-14-8-13-12(30-10-31-13)7-11(14)18-22-3-5-29-18/h3,5,7-8,21,24H,2,4,6,9-10H2,1H3,(H2,20,23). The van der Waals surface area contributed by atoms with Gasteiger partial charge >= 0.3 is 0 Å². The molecule has 4 heterocycles. The van der Waals surface area contributed by atoms with Crippen molar-refractivity contribution in [1.82, 2.24) is 19.3 Å². The van der Waals surface area contributed by atoms with Crippen LogP contribution in [0.1, 0.15) is 12.1 Å². The number of imidazole rings is 1. The van der Waals surface area contributed by atoms with Crippen LogP contribution in [-0.4, -0.2) is 55.1 Å². The van der Waals surface area contributed by atoms with Gasteiger partial charge in [-0.2, -0.15) is 0 Å². The number of sulfonamides is 1. The van der Waals surface area contributed by atoms with Crippen LogP contribution >= 0.6 is 11.8 Å². The van der Waals surface area contributed by atoms with E-state index >= 15 is 0 Å². The number of nitrogens with one attached hydrogen (secondary N) is 2. The summed E-state index contributed by atoms with van der Waals surface area (Å²) in [6.45, 7) is 0.855. The molecule has 0 amide bonds. The minimum atomic E-state index is -3.33. The Labute approximate surface area is 193 Å². The molecule has 0 saturated carbocycles. The molecule has 3 aromatic rings. The van der Waals surface area contributed by atoms with Crippen LogP contribution in [0.15, 0.2) is 44.1 Å². The van der Waals surface area contributed by atoms with Crippen molar-refractivity contribution in [2.45, 2.75) is 23.0 Å². The Morgan fingerprint density at radius 2 is 2.12 bits per heavy atom. The molecule has 2 aliphatic heterocycles. The fourth-order valence-electron chi connectivity index (χ4n) is 3.49. The second kappa shape index (κ2) is 8.61. The fraction of sp³-hybridized carbons (Fsp3) is 0.316. The zero-order chi connectivity index (χ0) is 23.0. The highest BCUT2D eigenvalue weighted by atomic mass is 32.2. The molecule has 0 radical (unpaired) electrons. The molecule has 2 aliphatic rings. The molecule has 14 heteroatoms. The molecule has 4 N–H and O–H groups in total. The van der Waals surface area contributed by atoms with Gasteiger partial charge in [-0.15, -0.1) is 0 Å². The molecule has 0 saturated heterocycles. The highest BCUT2D eigenvalue weighted by Crippen LogP contribution is 2.44. The lowest BCUT2D eigenvalue weighted by Crippen LogP contribution is -2.25. The third-order valence-corrected chi connectivity index (χ3v) is 7.62. The number of fused-ring (bicyclic) bond motifs is 2. The summed E-state index contributed by atoms with van der Waals surface area (Å²) in [5, 5.41) is 3.80. The third-order valence-electron chi connectivity index (χ3n) is 5.12. The lowest BCUT2D eigenvalue weighted by Gasteiger charge is -2.16. The number of nitrogens with zero attached hydrogens (tertiary/aromatic N) is 4. The number of anilines is 1. The first-order valence-corrected chi connectivity index (χ1v) is 12.5. The first-order chi connectivity index (χ1) is 15.9. The maximum absolute atomic E-state index is 11.9. The average molecular weight is 492 g/mol. The van der Waals surface area contributed by atoms with Crippen molar-refractivity contribution in [2.24, 2.45) is 10.7 Å². The first-order valence-electron chi connectivity index (χ1n) is 10.0. The maximum Gasteiger partial charge on any atom is 0.231 e. The van der Waals surface area contributed by atoms with Crippen LogP contribution in [0.4, 0.5) is 5.82 Å². The quantitative estimate of drug-likeness (QED) is 0.421. The van der Waals surface area contributed by atoms with Gasteiger partial charge in [0.2, 0.25) is 22.7 Å². The van der Waals surface area contributed by atoms with Gasteiger partial charge in [-0.3, -0.25) is 0 Å². The molecule has 0 fully saturated rings. The summed E-state index contributed by atoms with van der Waals surface area (Å²) in [4.78, 5) is 14.0. The molecule has 1 aromatic carbocycles. The first kappa shape index (κ1) is 21.6. The Balaban J connectivity index is 1.53. The summed E-state index contributed by atoms with van der Waals surface area (Å²) < 4.78 is 44.6. The molecule has 5 rings (SSSR count). The molecule has 33 heavy (non-hydrogen) atoms. The zero-order valence-electron chi connectivity index (χ0n) is 17.6. The van der Waals surface area contributed by atoms with Crippen molar-refractivity contribution in [3.8, 4) is 23.0 Å². The third kappa shape index (κ3) is 4.24.